The van der Waals surface area contributed by atoms with Crippen LogP contribution in [0.2, 0.25) is 0 Å². The van der Waals surface area contributed by atoms with Crippen LogP contribution in [0.3, 0.4) is 0 Å². The van der Waals surface area contributed by atoms with Gasteiger partial charge in [-0.1, -0.05) is 44.2 Å². The highest BCUT2D eigenvalue weighted by atomic mass is 127. The Morgan fingerprint density at radius 2 is 2.00 bits per heavy atom. The summed E-state index contributed by atoms with van der Waals surface area (Å²) in [6, 6.07) is 9.96. The lowest BCUT2D eigenvalue weighted by Gasteiger charge is -2.22. The molecule has 2 rings (SSSR count). The number of aliphatic imine (C=N–C) groups is 1. The van der Waals surface area contributed by atoms with Gasteiger partial charge < -0.3 is 10.2 Å². The van der Waals surface area contributed by atoms with Gasteiger partial charge in [0.05, 0.1) is 12.2 Å². The van der Waals surface area contributed by atoms with Gasteiger partial charge in [-0.25, -0.2) is 0 Å². The summed E-state index contributed by atoms with van der Waals surface area (Å²) >= 11 is 0. The van der Waals surface area contributed by atoms with Crippen LogP contribution in [-0.4, -0.2) is 50.7 Å². The fourth-order valence-electron chi connectivity index (χ4n) is 3.05. The average Bonchev–Trinajstić information content (AvgIpc) is 3.02. The highest BCUT2D eigenvalue weighted by molar-refractivity contribution is 14.0. The molecule has 6 nitrogen and oxygen atoms in total. The molecule has 1 N–H and O–H groups in total. The minimum absolute atomic E-state index is 0. The standard InChI is InChI=1S/C21H33N5OS.HI/c1-6-22-21(23-12-13-28(27)16-18-10-8-7-9-11-18)25(4)14-19-15-26(5)24-20(19)17(2)3;/h7-11,15,17H,6,12-14,16H2,1-5H3,(H,22,23);1H. The van der Waals surface area contributed by atoms with Crippen LogP contribution in [0.25, 0.3) is 0 Å². The number of aromatic nitrogens is 2. The van der Waals surface area contributed by atoms with Gasteiger partial charge in [0.2, 0.25) is 0 Å². The zero-order valence-electron chi connectivity index (χ0n) is 18.1. The van der Waals surface area contributed by atoms with E-state index in [2.05, 4.69) is 47.3 Å². The highest BCUT2D eigenvalue weighted by Crippen LogP contribution is 2.18. The van der Waals surface area contributed by atoms with Gasteiger partial charge in [0.15, 0.2) is 5.96 Å². The van der Waals surface area contributed by atoms with Crippen molar-refractivity contribution >= 4 is 40.7 Å². The zero-order chi connectivity index (χ0) is 20.5. The Morgan fingerprint density at radius 3 is 2.62 bits per heavy atom. The second kappa shape index (κ2) is 13.0. The van der Waals surface area contributed by atoms with Crippen molar-refractivity contribution in [1.29, 1.82) is 0 Å². The Morgan fingerprint density at radius 1 is 1.31 bits per heavy atom. The molecule has 1 aromatic heterocycles. The molecule has 1 atom stereocenters. The van der Waals surface area contributed by atoms with Gasteiger partial charge >= 0.3 is 0 Å². The van der Waals surface area contributed by atoms with E-state index in [1.807, 2.05) is 49.1 Å². The molecule has 0 bridgehead atoms. The number of hydrogen-bond acceptors (Lipinski definition) is 3. The first-order chi connectivity index (χ1) is 13.4. The molecule has 0 aliphatic rings. The van der Waals surface area contributed by atoms with Gasteiger partial charge in [-0.2, -0.15) is 5.10 Å². The molecular weight excluding hydrogens is 497 g/mol. The molecule has 0 spiro atoms. The molecular formula is C21H34IN5OS. The third-order valence-corrected chi connectivity index (χ3v) is 5.63. The van der Waals surface area contributed by atoms with Crippen LogP contribution in [0, 0.1) is 0 Å². The fourth-order valence-corrected chi connectivity index (χ4v) is 4.05. The SMILES string of the molecule is CCNC(=NCCS(=O)Cc1ccccc1)N(C)Cc1cn(C)nc1C(C)C.I. The number of benzene rings is 1. The van der Waals surface area contributed by atoms with E-state index >= 15 is 0 Å². The Hall–Kier alpha value is -1.42. The van der Waals surface area contributed by atoms with Gasteiger partial charge in [0, 0.05) is 61.3 Å². The molecule has 29 heavy (non-hydrogen) atoms. The monoisotopic (exact) mass is 531 g/mol. The molecule has 8 heteroatoms. The van der Waals surface area contributed by atoms with Crippen molar-refractivity contribution in [2.45, 2.75) is 39.0 Å². The third-order valence-electron chi connectivity index (χ3n) is 4.34. The normalized spacial score (nSPS) is 12.6. The van der Waals surface area contributed by atoms with Crippen LogP contribution >= 0.6 is 24.0 Å². The molecule has 1 aromatic carbocycles. The summed E-state index contributed by atoms with van der Waals surface area (Å²) in [6.45, 7) is 8.44. The smallest absolute Gasteiger partial charge is 0.193 e. The van der Waals surface area contributed by atoms with E-state index < -0.39 is 10.8 Å². The van der Waals surface area contributed by atoms with E-state index in [0.717, 1.165) is 30.3 Å². The topological polar surface area (TPSA) is 62.5 Å². The van der Waals surface area contributed by atoms with Crippen molar-refractivity contribution in [3.8, 4) is 0 Å². The molecule has 2 aromatic rings. The van der Waals surface area contributed by atoms with Crippen LogP contribution in [0.1, 0.15) is 43.5 Å². The Balaban J connectivity index is 0.00000420. The molecule has 162 valence electrons. The lowest BCUT2D eigenvalue weighted by molar-refractivity contribution is 0.474. The number of nitrogens with one attached hydrogen (secondary N) is 1. The summed E-state index contributed by atoms with van der Waals surface area (Å²) in [7, 11) is 3.07. The molecule has 1 heterocycles. The molecule has 0 aliphatic heterocycles. The highest BCUT2D eigenvalue weighted by Gasteiger charge is 2.15. The number of nitrogens with zero attached hydrogens (tertiary/aromatic N) is 4. The van der Waals surface area contributed by atoms with Crippen molar-refractivity contribution in [2.75, 3.05) is 25.9 Å². The van der Waals surface area contributed by atoms with Crippen LogP contribution < -0.4 is 5.32 Å². The van der Waals surface area contributed by atoms with E-state index in [4.69, 9.17) is 0 Å². The second-order valence-corrected chi connectivity index (χ2v) is 8.81. The molecule has 0 radical (unpaired) electrons. The van der Waals surface area contributed by atoms with Gasteiger partial charge in [-0.3, -0.25) is 13.9 Å². The number of aryl methyl sites for hydroxylation is 1. The molecule has 0 saturated carbocycles. The predicted octanol–water partition coefficient (Wildman–Crippen LogP) is 3.51. The Labute approximate surface area is 194 Å². The fraction of sp³-hybridized carbons (Fsp3) is 0.524. The maximum Gasteiger partial charge on any atom is 0.193 e. The predicted molar refractivity (Wildman–Crippen MR) is 133 cm³/mol. The Kier molecular flexibility index (Phi) is 11.5. The summed E-state index contributed by atoms with van der Waals surface area (Å²) in [4.78, 5) is 6.79. The molecule has 0 amide bonds. The minimum Gasteiger partial charge on any atom is -0.357 e. The van der Waals surface area contributed by atoms with Crippen molar-refractivity contribution in [3.05, 3.63) is 53.3 Å². The summed E-state index contributed by atoms with van der Waals surface area (Å²) < 4.78 is 14.2. The van der Waals surface area contributed by atoms with Crippen molar-refractivity contribution in [3.63, 3.8) is 0 Å². The second-order valence-electron chi connectivity index (χ2n) is 7.23. The summed E-state index contributed by atoms with van der Waals surface area (Å²) in [5.74, 6) is 2.35. The minimum atomic E-state index is -0.916. The first-order valence-electron chi connectivity index (χ1n) is 9.81. The quantitative estimate of drug-likeness (QED) is 0.306. The van der Waals surface area contributed by atoms with Gasteiger partial charge in [0.1, 0.15) is 0 Å². The largest absolute Gasteiger partial charge is 0.357 e. The van der Waals surface area contributed by atoms with Crippen molar-refractivity contribution in [1.82, 2.24) is 20.0 Å². The summed E-state index contributed by atoms with van der Waals surface area (Å²) in [5.41, 5.74) is 3.43. The first-order valence-corrected chi connectivity index (χ1v) is 11.3. The maximum atomic E-state index is 12.3. The molecule has 0 aliphatic carbocycles. The van der Waals surface area contributed by atoms with Crippen LogP contribution in [0.4, 0.5) is 0 Å². The molecule has 0 fully saturated rings. The number of guanidine groups is 1. The van der Waals surface area contributed by atoms with Crippen LogP contribution in [0.15, 0.2) is 41.5 Å². The third kappa shape index (κ3) is 8.46. The first kappa shape index (κ1) is 25.6. The molecule has 0 saturated heterocycles. The van der Waals surface area contributed by atoms with Crippen LogP contribution in [-0.2, 0) is 30.1 Å². The van der Waals surface area contributed by atoms with Gasteiger partial charge in [0.25, 0.3) is 0 Å². The average molecular weight is 532 g/mol. The maximum absolute atomic E-state index is 12.3. The molecule has 1 unspecified atom stereocenters. The lowest BCUT2D eigenvalue weighted by Crippen LogP contribution is -2.38. The number of hydrogen-bond donors (Lipinski definition) is 1. The summed E-state index contributed by atoms with van der Waals surface area (Å²) in [5, 5.41) is 7.91. The lowest BCUT2D eigenvalue weighted by atomic mass is 10.1. The number of rotatable bonds is 9. The number of halogens is 1. The van der Waals surface area contributed by atoms with Crippen molar-refractivity contribution in [2.24, 2.45) is 12.0 Å². The van der Waals surface area contributed by atoms with E-state index in [9.17, 15) is 4.21 Å². The summed E-state index contributed by atoms with van der Waals surface area (Å²) in [6.07, 6.45) is 2.07. The van der Waals surface area contributed by atoms with E-state index in [0.29, 0.717) is 24.0 Å². The Bertz CT molecular complexity index is 792. The van der Waals surface area contributed by atoms with E-state index in [1.165, 1.54) is 5.56 Å². The van der Waals surface area contributed by atoms with E-state index in [1.54, 1.807) is 0 Å². The van der Waals surface area contributed by atoms with Crippen LogP contribution in [0.5, 0.6) is 0 Å². The van der Waals surface area contributed by atoms with E-state index in [-0.39, 0.29) is 24.0 Å². The zero-order valence-corrected chi connectivity index (χ0v) is 21.2. The van der Waals surface area contributed by atoms with Gasteiger partial charge in [-0.05, 0) is 18.4 Å². The van der Waals surface area contributed by atoms with Gasteiger partial charge in [-0.15, -0.1) is 24.0 Å². The van der Waals surface area contributed by atoms with Crippen molar-refractivity contribution < 1.29 is 4.21 Å².